The van der Waals surface area contributed by atoms with Crippen LogP contribution in [-0.4, -0.2) is 49.7 Å². The van der Waals surface area contributed by atoms with E-state index in [1.807, 2.05) is 19.1 Å². The molecule has 5 aromatic rings. The standard InChI is InChI=1S/C26H25N7O3/c1-15-7-6-8-22(17(15)3)32-24-21(13-29-32)25(28-14-27-24)33-23(9-16(2)31-33)30-26(34)18-10-19(35-4)12-20(11-18)36-5/h6-14H,1-5H3,(H,30,34). The summed E-state index contributed by atoms with van der Waals surface area (Å²) in [4.78, 5) is 22.1. The predicted octanol–water partition coefficient (Wildman–Crippen LogP) is 4.20. The lowest BCUT2D eigenvalue weighted by Gasteiger charge is -2.11. The number of aromatic nitrogens is 6. The van der Waals surface area contributed by atoms with E-state index in [1.165, 1.54) is 20.5 Å². The first-order valence-electron chi connectivity index (χ1n) is 11.3. The maximum Gasteiger partial charge on any atom is 0.257 e. The van der Waals surface area contributed by atoms with Gasteiger partial charge in [-0.1, -0.05) is 12.1 Å². The van der Waals surface area contributed by atoms with Gasteiger partial charge in [-0.05, 0) is 50.1 Å². The van der Waals surface area contributed by atoms with Crippen molar-refractivity contribution in [2.45, 2.75) is 20.8 Å². The van der Waals surface area contributed by atoms with Gasteiger partial charge >= 0.3 is 0 Å². The molecule has 0 aliphatic carbocycles. The lowest BCUT2D eigenvalue weighted by molar-refractivity contribution is 0.102. The number of hydrogen-bond acceptors (Lipinski definition) is 7. The van der Waals surface area contributed by atoms with Crippen molar-refractivity contribution in [3.63, 3.8) is 0 Å². The van der Waals surface area contributed by atoms with Crippen molar-refractivity contribution in [3.05, 3.63) is 77.4 Å². The summed E-state index contributed by atoms with van der Waals surface area (Å²) < 4.78 is 14.0. The Hall–Kier alpha value is -4.73. The molecule has 182 valence electrons. The van der Waals surface area contributed by atoms with Gasteiger partial charge in [0.15, 0.2) is 11.5 Å². The van der Waals surface area contributed by atoms with Crippen LogP contribution in [0.4, 0.5) is 5.82 Å². The molecule has 0 aliphatic heterocycles. The Morgan fingerprint density at radius 1 is 0.944 bits per heavy atom. The zero-order chi connectivity index (χ0) is 25.4. The summed E-state index contributed by atoms with van der Waals surface area (Å²) in [6, 6.07) is 12.8. The fraction of sp³-hybridized carbons (Fsp3) is 0.192. The first-order chi connectivity index (χ1) is 17.4. The zero-order valence-corrected chi connectivity index (χ0v) is 20.6. The van der Waals surface area contributed by atoms with Crippen LogP contribution in [0.25, 0.3) is 22.5 Å². The summed E-state index contributed by atoms with van der Waals surface area (Å²) in [6.45, 7) is 5.96. The molecule has 0 radical (unpaired) electrons. The number of amides is 1. The van der Waals surface area contributed by atoms with Gasteiger partial charge in [0.05, 0.1) is 37.2 Å². The van der Waals surface area contributed by atoms with E-state index in [0.717, 1.165) is 16.8 Å². The number of aryl methyl sites for hydroxylation is 2. The molecule has 3 heterocycles. The molecule has 0 unspecified atom stereocenters. The van der Waals surface area contributed by atoms with Crippen molar-refractivity contribution in [2.75, 3.05) is 19.5 Å². The van der Waals surface area contributed by atoms with Crippen LogP contribution in [0, 0.1) is 20.8 Å². The van der Waals surface area contributed by atoms with Gasteiger partial charge in [0.2, 0.25) is 0 Å². The molecule has 2 aromatic carbocycles. The van der Waals surface area contributed by atoms with E-state index in [4.69, 9.17) is 9.47 Å². The second-order valence-corrected chi connectivity index (χ2v) is 8.35. The van der Waals surface area contributed by atoms with E-state index < -0.39 is 0 Å². The summed E-state index contributed by atoms with van der Waals surface area (Å²) in [5.41, 5.74) is 4.93. The third-order valence-corrected chi connectivity index (χ3v) is 6.04. The predicted molar refractivity (Wildman–Crippen MR) is 135 cm³/mol. The quantitative estimate of drug-likeness (QED) is 0.386. The normalized spacial score (nSPS) is 11.0. The maximum atomic E-state index is 13.2. The Morgan fingerprint density at radius 2 is 1.69 bits per heavy atom. The maximum absolute atomic E-state index is 13.2. The molecule has 1 N–H and O–H groups in total. The number of nitrogens with zero attached hydrogens (tertiary/aromatic N) is 6. The Morgan fingerprint density at radius 3 is 2.42 bits per heavy atom. The first-order valence-corrected chi connectivity index (χ1v) is 11.3. The van der Waals surface area contributed by atoms with Crippen LogP contribution in [0.3, 0.4) is 0 Å². The highest BCUT2D eigenvalue weighted by atomic mass is 16.5. The largest absolute Gasteiger partial charge is 0.497 e. The number of nitrogens with one attached hydrogen (secondary N) is 1. The molecule has 5 rings (SSSR count). The zero-order valence-electron chi connectivity index (χ0n) is 20.6. The average Bonchev–Trinajstić information content (AvgIpc) is 3.48. The highest BCUT2D eigenvalue weighted by molar-refractivity contribution is 6.04. The van der Waals surface area contributed by atoms with Crippen LogP contribution in [0.2, 0.25) is 0 Å². The minimum atomic E-state index is -0.343. The smallest absolute Gasteiger partial charge is 0.257 e. The number of carbonyl (C=O) groups is 1. The van der Waals surface area contributed by atoms with Gasteiger partial charge < -0.3 is 14.8 Å². The molecule has 1 amide bonds. The Labute approximate surface area is 207 Å². The molecule has 0 saturated heterocycles. The van der Waals surface area contributed by atoms with Crippen molar-refractivity contribution in [1.82, 2.24) is 29.5 Å². The summed E-state index contributed by atoms with van der Waals surface area (Å²) in [5.74, 6) is 1.65. The second-order valence-electron chi connectivity index (χ2n) is 8.35. The van der Waals surface area contributed by atoms with Gasteiger partial charge in [-0.15, -0.1) is 0 Å². The highest BCUT2D eigenvalue weighted by Gasteiger charge is 2.19. The SMILES string of the molecule is COc1cc(OC)cc(C(=O)Nc2cc(C)nn2-c2ncnc3c2cnn3-c2cccc(C)c2C)c1. The molecule has 36 heavy (non-hydrogen) atoms. The van der Waals surface area contributed by atoms with E-state index in [9.17, 15) is 4.79 Å². The summed E-state index contributed by atoms with van der Waals surface area (Å²) >= 11 is 0. The number of methoxy groups -OCH3 is 2. The van der Waals surface area contributed by atoms with Crippen molar-refractivity contribution in [2.24, 2.45) is 0 Å². The van der Waals surface area contributed by atoms with Crippen molar-refractivity contribution < 1.29 is 14.3 Å². The molecule has 10 nitrogen and oxygen atoms in total. The topological polar surface area (TPSA) is 109 Å². The molecule has 0 atom stereocenters. The lowest BCUT2D eigenvalue weighted by Crippen LogP contribution is -2.16. The van der Waals surface area contributed by atoms with E-state index in [-0.39, 0.29) is 5.91 Å². The number of carbonyl (C=O) groups excluding carboxylic acids is 1. The van der Waals surface area contributed by atoms with Gasteiger partial charge in [0, 0.05) is 17.7 Å². The van der Waals surface area contributed by atoms with Gasteiger partial charge in [0.25, 0.3) is 5.91 Å². The number of anilines is 1. The van der Waals surface area contributed by atoms with Gasteiger partial charge in [-0.3, -0.25) is 4.79 Å². The molecular weight excluding hydrogens is 458 g/mol. The fourth-order valence-corrected chi connectivity index (χ4v) is 4.02. The minimum absolute atomic E-state index is 0.343. The molecule has 0 spiro atoms. The molecule has 3 aromatic heterocycles. The number of hydrogen-bond donors (Lipinski definition) is 1. The number of rotatable bonds is 6. The van der Waals surface area contributed by atoms with Crippen LogP contribution < -0.4 is 14.8 Å². The summed E-state index contributed by atoms with van der Waals surface area (Å²) in [5, 5.41) is 12.8. The van der Waals surface area contributed by atoms with Crippen LogP contribution in [0.1, 0.15) is 27.2 Å². The van der Waals surface area contributed by atoms with E-state index >= 15 is 0 Å². The number of benzene rings is 2. The third-order valence-electron chi connectivity index (χ3n) is 6.04. The number of fused-ring (bicyclic) bond motifs is 1. The van der Waals surface area contributed by atoms with Crippen LogP contribution >= 0.6 is 0 Å². The Bertz CT molecular complexity index is 1580. The van der Waals surface area contributed by atoms with Crippen molar-refractivity contribution in [3.8, 4) is 23.0 Å². The fourth-order valence-electron chi connectivity index (χ4n) is 4.02. The lowest BCUT2D eigenvalue weighted by atomic mass is 10.1. The van der Waals surface area contributed by atoms with E-state index in [2.05, 4.69) is 45.4 Å². The third kappa shape index (κ3) is 4.02. The van der Waals surface area contributed by atoms with Crippen LogP contribution in [-0.2, 0) is 0 Å². The van der Waals surface area contributed by atoms with Crippen molar-refractivity contribution in [1.29, 1.82) is 0 Å². The molecular formula is C26H25N7O3. The van der Waals surface area contributed by atoms with Crippen molar-refractivity contribution >= 4 is 22.8 Å². The summed E-state index contributed by atoms with van der Waals surface area (Å²) in [6.07, 6.45) is 3.18. The van der Waals surface area contributed by atoms with Crippen LogP contribution in [0.5, 0.6) is 11.5 Å². The monoisotopic (exact) mass is 483 g/mol. The number of ether oxygens (including phenoxy) is 2. The van der Waals surface area contributed by atoms with Crippen LogP contribution in [0.15, 0.2) is 55.0 Å². The molecule has 0 fully saturated rings. The molecule has 0 saturated carbocycles. The molecule has 0 aliphatic rings. The summed E-state index contributed by atoms with van der Waals surface area (Å²) in [7, 11) is 3.07. The van der Waals surface area contributed by atoms with Gasteiger partial charge in [-0.25, -0.2) is 14.6 Å². The minimum Gasteiger partial charge on any atom is -0.497 e. The van der Waals surface area contributed by atoms with Gasteiger partial charge in [-0.2, -0.15) is 14.9 Å². The van der Waals surface area contributed by atoms with E-state index in [0.29, 0.717) is 45.4 Å². The molecule has 10 heteroatoms. The first kappa shape index (κ1) is 23.0. The molecule has 0 bridgehead atoms. The average molecular weight is 484 g/mol. The van der Waals surface area contributed by atoms with Gasteiger partial charge in [0.1, 0.15) is 23.6 Å². The van der Waals surface area contributed by atoms with E-state index in [1.54, 1.807) is 39.8 Å². The Balaban J connectivity index is 1.56. The second kappa shape index (κ2) is 9.14. The highest BCUT2D eigenvalue weighted by Crippen LogP contribution is 2.27. The Kier molecular flexibility index (Phi) is 5.85.